The third-order valence-corrected chi connectivity index (χ3v) is 3.30. The zero-order valence-electron chi connectivity index (χ0n) is 9.40. The summed E-state index contributed by atoms with van der Waals surface area (Å²) in [5.74, 6) is 0. The van der Waals surface area contributed by atoms with Crippen molar-refractivity contribution in [3.63, 3.8) is 0 Å². The average Bonchev–Trinajstić information content (AvgIpc) is 2.26. The first-order chi connectivity index (χ1) is 7.40. The number of sulfonamides is 1. The van der Waals surface area contributed by atoms with Crippen LogP contribution in [0.4, 0.5) is 0 Å². The Balaban J connectivity index is 3.73. The van der Waals surface area contributed by atoms with E-state index in [0.29, 0.717) is 0 Å². The van der Waals surface area contributed by atoms with Crippen molar-refractivity contribution in [2.75, 3.05) is 0 Å². The Bertz CT molecular complexity index is 627. The largest absolute Gasteiger partial charge is 0.238 e. The van der Waals surface area contributed by atoms with E-state index in [1.807, 2.05) is 19.9 Å². The van der Waals surface area contributed by atoms with E-state index in [4.69, 9.17) is 5.14 Å². The van der Waals surface area contributed by atoms with Crippen molar-refractivity contribution < 1.29 is 8.42 Å². The summed E-state index contributed by atoms with van der Waals surface area (Å²) in [6.07, 6.45) is 3.58. The fraction of sp³-hybridized carbons (Fsp3) is 0.167. The molecule has 0 unspecified atom stereocenters. The SMILES string of the molecule is C=C/C(C)=c1/ccc(S(N)(=O)=O)c/c1=C/C. The predicted molar refractivity (Wildman–Crippen MR) is 66.5 cm³/mol. The van der Waals surface area contributed by atoms with E-state index in [0.717, 1.165) is 16.0 Å². The van der Waals surface area contributed by atoms with Crippen LogP contribution in [0.1, 0.15) is 13.8 Å². The van der Waals surface area contributed by atoms with Crippen molar-refractivity contribution in [2.24, 2.45) is 5.14 Å². The molecule has 0 fully saturated rings. The van der Waals surface area contributed by atoms with Gasteiger partial charge in [0.2, 0.25) is 10.0 Å². The Hall–Kier alpha value is -1.39. The molecule has 4 heteroatoms. The Morgan fingerprint density at radius 2 is 2.06 bits per heavy atom. The number of nitrogens with two attached hydrogens (primary N) is 1. The van der Waals surface area contributed by atoms with E-state index in [2.05, 4.69) is 6.58 Å². The molecule has 0 aliphatic heterocycles. The topological polar surface area (TPSA) is 60.2 Å². The smallest absolute Gasteiger partial charge is 0.225 e. The summed E-state index contributed by atoms with van der Waals surface area (Å²) >= 11 is 0. The summed E-state index contributed by atoms with van der Waals surface area (Å²) in [7, 11) is -3.64. The van der Waals surface area contributed by atoms with Crippen molar-refractivity contribution in [3.8, 4) is 0 Å². The molecule has 0 heterocycles. The molecule has 0 saturated carbocycles. The number of primary sulfonamides is 1. The minimum absolute atomic E-state index is 0.126. The molecule has 0 aliphatic carbocycles. The second-order valence-electron chi connectivity index (χ2n) is 3.47. The van der Waals surface area contributed by atoms with Gasteiger partial charge >= 0.3 is 0 Å². The van der Waals surface area contributed by atoms with Crippen molar-refractivity contribution in [3.05, 3.63) is 41.3 Å². The van der Waals surface area contributed by atoms with Crippen LogP contribution in [0.3, 0.4) is 0 Å². The Labute approximate surface area is 95.7 Å². The lowest BCUT2D eigenvalue weighted by Crippen LogP contribution is -2.28. The lowest BCUT2D eigenvalue weighted by Gasteiger charge is -2.00. The summed E-state index contributed by atoms with van der Waals surface area (Å²) < 4.78 is 22.4. The lowest BCUT2D eigenvalue weighted by atomic mass is 10.1. The summed E-state index contributed by atoms with van der Waals surface area (Å²) in [6.45, 7) is 7.46. The molecular formula is C12H15NO2S. The summed E-state index contributed by atoms with van der Waals surface area (Å²) in [5, 5.41) is 6.87. The number of benzene rings is 1. The molecule has 0 amide bonds. The first-order valence-electron chi connectivity index (χ1n) is 4.82. The van der Waals surface area contributed by atoms with E-state index in [1.54, 1.807) is 18.2 Å². The third-order valence-electron chi connectivity index (χ3n) is 2.39. The van der Waals surface area contributed by atoms with Crippen LogP contribution in [-0.4, -0.2) is 8.42 Å². The number of hydrogen-bond acceptors (Lipinski definition) is 2. The van der Waals surface area contributed by atoms with Crippen LogP contribution >= 0.6 is 0 Å². The minimum Gasteiger partial charge on any atom is -0.225 e. The third kappa shape index (κ3) is 2.59. The van der Waals surface area contributed by atoms with Crippen molar-refractivity contribution in [1.82, 2.24) is 0 Å². The van der Waals surface area contributed by atoms with E-state index >= 15 is 0 Å². The molecule has 0 radical (unpaired) electrons. The highest BCUT2D eigenvalue weighted by Gasteiger charge is 2.06. The van der Waals surface area contributed by atoms with Gasteiger partial charge in [0.15, 0.2) is 0 Å². The van der Waals surface area contributed by atoms with Gasteiger partial charge in [-0.2, -0.15) is 0 Å². The fourth-order valence-electron chi connectivity index (χ4n) is 1.43. The zero-order chi connectivity index (χ0) is 12.3. The van der Waals surface area contributed by atoms with E-state index < -0.39 is 10.0 Å². The monoisotopic (exact) mass is 237 g/mol. The molecule has 1 aromatic rings. The van der Waals surface area contributed by atoms with Crippen LogP contribution in [0.15, 0.2) is 35.7 Å². The van der Waals surface area contributed by atoms with Gasteiger partial charge in [-0.25, -0.2) is 13.6 Å². The molecule has 1 rings (SSSR count). The zero-order valence-corrected chi connectivity index (χ0v) is 10.2. The molecule has 2 N–H and O–H groups in total. The van der Waals surface area contributed by atoms with E-state index in [1.165, 1.54) is 6.07 Å². The molecule has 0 bridgehead atoms. The van der Waals surface area contributed by atoms with E-state index in [-0.39, 0.29) is 4.90 Å². The van der Waals surface area contributed by atoms with Gasteiger partial charge in [0.25, 0.3) is 0 Å². The summed E-state index contributed by atoms with van der Waals surface area (Å²) in [6, 6.07) is 4.81. The van der Waals surface area contributed by atoms with Crippen LogP contribution in [0.5, 0.6) is 0 Å². The summed E-state index contributed by atoms with van der Waals surface area (Å²) in [5.41, 5.74) is 0.995. The predicted octanol–water partition coefficient (Wildman–Crippen LogP) is 0.491. The van der Waals surface area contributed by atoms with Gasteiger partial charge in [-0.3, -0.25) is 0 Å². The standard InChI is InChI=1S/C12H15NO2S/c1-4-9(3)12-7-6-11(16(13,14)15)8-10(12)5-2/h4-8H,1H2,2-3H3,(H2,13,14,15)/b10-5-,12-9-. The van der Waals surface area contributed by atoms with Crippen molar-refractivity contribution in [1.29, 1.82) is 0 Å². The highest BCUT2D eigenvalue weighted by atomic mass is 32.2. The average molecular weight is 237 g/mol. The first-order valence-corrected chi connectivity index (χ1v) is 6.37. The molecule has 0 atom stereocenters. The molecule has 0 saturated heterocycles. The molecule has 0 aliphatic rings. The first kappa shape index (κ1) is 12.7. The van der Waals surface area contributed by atoms with E-state index in [9.17, 15) is 8.42 Å². The molecule has 0 aromatic heterocycles. The maximum absolute atomic E-state index is 11.2. The quantitative estimate of drug-likeness (QED) is 0.814. The van der Waals surface area contributed by atoms with Crippen molar-refractivity contribution in [2.45, 2.75) is 18.7 Å². The Morgan fingerprint density at radius 3 is 2.50 bits per heavy atom. The van der Waals surface area contributed by atoms with Gasteiger partial charge in [0.1, 0.15) is 0 Å². The molecule has 3 nitrogen and oxygen atoms in total. The Morgan fingerprint density at radius 1 is 1.44 bits per heavy atom. The number of rotatable bonds is 2. The fourth-order valence-corrected chi connectivity index (χ4v) is 1.97. The van der Waals surface area contributed by atoms with Crippen LogP contribution in [0.2, 0.25) is 0 Å². The number of hydrogen-bond donors (Lipinski definition) is 1. The van der Waals surface area contributed by atoms with Gasteiger partial charge < -0.3 is 0 Å². The van der Waals surface area contributed by atoms with Crippen LogP contribution in [0.25, 0.3) is 11.6 Å². The Kier molecular flexibility index (Phi) is 3.67. The van der Waals surface area contributed by atoms with Crippen LogP contribution < -0.4 is 15.6 Å². The summed E-state index contributed by atoms with van der Waals surface area (Å²) in [4.78, 5) is 0.126. The van der Waals surface area contributed by atoms with Crippen molar-refractivity contribution >= 4 is 21.7 Å². The maximum Gasteiger partial charge on any atom is 0.238 e. The molecule has 86 valence electrons. The normalized spacial score (nSPS) is 14.8. The highest BCUT2D eigenvalue weighted by molar-refractivity contribution is 7.89. The number of allylic oxidation sites excluding steroid dienone is 1. The van der Waals surface area contributed by atoms with Gasteiger partial charge in [-0.1, -0.05) is 24.8 Å². The molecule has 0 spiro atoms. The van der Waals surface area contributed by atoms with Gasteiger partial charge in [-0.05, 0) is 42.0 Å². The van der Waals surface area contributed by atoms with Gasteiger partial charge in [0.05, 0.1) is 4.90 Å². The molecule has 16 heavy (non-hydrogen) atoms. The minimum atomic E-state index is -3.64. The van der Waals surface area contributed by atoms with Gasteiger partial charge in [0, 0.05) is 0 Å². The van der Waals surface area contributed by atoms with Crippen LogP contribution in [-0.2, 0) is 10.0 Å². The van der Waals surface area contributed by atoms with Crippen LogP contribution in [0, 0.1) is 0 Å². The van der Waals surface area contributed by atoms with Gasteiger partial charge in [-0.15, -0.1) is 0 Å². The lowest BCUT2D eigenvalue weighted by molar-refractivity contribution is 0.597. The maximum atomic E-state index is 11.2. The second kappa shape index (κ2) is 4.63. The molecule has 1 aromatic carbocycles. The molecular weight excluding hydrogens is 222 g/mol. The highest BCUT2D eigenvalue weighted by Crippen LogP contribution is 2.00. The second-order valence-corrected chi connectivity index (χ2v) is 5.03.